The average Bonchev–Trinajstić information content (AvgIpc) is 3.29. The number of rotatable bonds is 4. The number of carbonyl (C=O) groups excluding carboxylic acids is 1. The predicted molar refractivity (Wildman–Crippen MR) is 99.2 cm³/mol. The molecule has 1 atom stereocenters. The molecular formula is C20H18N2O2S. The number of ether oxygens (including phenoxy) is 1. The highest BCUT2D eigenvalue weighted by Gasteiger charge is 2.27. The summed E-state index contributed by atoms with van der Waals surface area (Å²) in [7, 11) is 0. The minimum atomic E-state index is -0.0518. The average molecular weight is 350 g/mol. The second-order valence-electron chi connectivity index (χ2n) is 6.09. The number of nitrogens with zero attached hydrogens (tertiary/aromatic N) is 1. The number of pyridine rings is 1. The molecule has 1 aliphatic heterocycles. The van der Waals surface area contributed by atoms with Crippen molar-refractivity contribution in [2.75, 3.05) is 6.54 Å². The van der Waals surface area contributed by atoms with Gasteiger partial charge < -0.3 is 10.1 Å². The van der Waals surface area contributed by atoms with Crippen LogP contribution in [0.3, 0.4) is 0 Å². The van der Waals surface area contributed by atoms with Crippen molar-refractivity contribution in [2.45, 2.75) is 19.4 Å². The predicted octanol–water partition coefficient (Wildman–Crippen LogP) is 3.85. The van der Waals surface area contributed by atoms with Crippen LogP contribution in [0.1, 0.15) is 20.8 Å². The zero-order chi connectivity index (χ0) is 17.2. The van der Waals surface area contributed by atoms with Gasteiger partial charge in [-0.15, -0.1) is 11.3 Å². The van der Waals surface area contributed by atoms with E-state index in [0.717, 1.165) is 39.4 Å². The lowest BCUT2D eigenvalue weighted by Gasteiger charge is -2.13. The Balaban J connectivity index is 1.50. The lowest BCUT2D eigenvalue weighted by atomic mass is 10.0. The number of thiophene rings is 1. The monoisotopic (exact) mass is 350 g/mol. The van der Waals surface area contributed by atoms with E-state index in [1.807, 2.05) is 35.7 Å². The van der Waals surface area contributed by atoms with Crippen LogP contribution in [0.2, 0.25) is 0 Å². The molecule has 1 aliphatic rings. The van der Waals surface area contributed by atoms with Crippen LogP contribution in [0.4, 0.5) is 0 Å². The van der Waals surface area contributed by atoms with Crippen molar-refractivity contribution in [3.05, 3.63) is 70.0 Å². The maximum atomic E-state index is 12.1. The van der Waals surface area contributed by atoms with Gasteiger partial charge in [-0.2, -0.15) is 0 Å². The van der Waals surface area contributed by atoms with Gasteiger partial charge in [0.2, 0.25) is 0 Å². The number of benzene rings is 1. The number of carbonyl (C=O) groups is 1. The zero-order valence-electron chi connectivity index (χ0n) is 13.9. The maximum Gasteiger partial charge on any atom is 0.261 e. The molecule has 0 unspecified atom stereocenters. The Bertz CT molecular complexity index is 906. The van der Waals surface area contributed by atoms with E-state index in [1.165, 1.54) is 11.3 Å². The van der Waals surface area contributed by atoms with Crippen molar-refractivity contribution in [3.8, 4) is 17.0 Å². The maximum absolute atomic E-state index is 12.1. The van der Waals surface area contributed by atoms with E-state index in [2.05, 4.69) is 29.4 Å². The molecule has 0 radical (unpaired) electrons. The molecule has 0 aliphatic carbocycles. The van der Waals surface area contributed by atoms with E-state index in [9.17, 15) is 4.79 Å². The van der Waals surface area contributed by atoms with Crippen LogP contribution in [0.5, 0.6) is 5.75 Å². The van der Waals surface area contributed by atoms with Crippen LogP contribution in [0, 0.1) is 6.92 Å². The molecule has 0 spiro atoms. The number of hydrogen-bond donors (Lipinski definition) is 1. The van der Waals surface area contributed by atoms with Crippen LogP contribution in [-0.4, -0.2) is 23.5 Å². The third-order valence-electron chi connectivity index (χ3n) is 4.33. The van der Waals surface area contributed by atoms with Crippen molar-refractivity contribution < 1.29 is 9.53 Å². The third-order valence-corrected chi connectivity index (χ3v) is 5.20. The van der Waals surface area contributed by atoms with Crippen molar-refractivity contribution in [1.82, 2.24) is 10.3 Å². The van der Waals surface area contributed by atoms with Crippen molar-refractivity contribution in [2.24, 2.45) is 0 Å². The summed E-state index contributed by atoms with van der Waals surface area (Å²) in [5.74, 6) is 0.843. The Hall–Kier alpha value is -2.66. The van der Waals surface area contributed by atoms with Gasteiger partial charge in [0, 0.05) is 18.2 Å². The number of fused-ring (bicyclic) bond motifs is 1. The summed E-state index contributed by atoms with van der Waals surface area (Å²) in [4.78, 5) is 17.3. The molecule has 1 aromatic carbocycles. The smallest absolute Gasteiger partial charge is 0.261 e. The molecule has 25 heavy (non-hydrogen) atoms. The highest BCUT2D eigenvalue weighted by atomic mass is 32.1. The molecular weight excluding hydrogens is 332 g/mol. The normalized spacial score (nSPS) is 15.5. The summed E-state index contributed by atoms with van der Waals surface area (Å²) in [6, 6.07) is 13.9. The number of amides is 1. The van der Waals surface area contributed by atoms with Crippen LogP contribution in [0.25, 0.3) is 11.3 Å². The summed E-state index contributed by atoms with van der Waals surface area (Å²) in [6.45, 7) is 2.54. The summed E-state index contributed by atoms with van der Waals surface area (Å²) >= 11 is 1.44. The highest BCUT2D eigenvalue weighted by molar-refractivity contribution is 7.12. The number of nitrogens with one attached hydrogen (secondary N) is 1. The van der Waals surface area contributed by atoms with Crippen LogP contribution < -0.4 is 10.1 Å². The Labute approximate surface area is 150 Å². The largest absolute Gasteiger partial charge is 0.487 e. The summed E-state index contributed by atoms with van der Waals surface area (Å²) in [5, 5.41) is 4.86. The van der Waals surface area contributed by atoms with Crippen LogP contribution in [0.15, 0.2) is 54.0 Å². The standard InChI is InChI=1S/C20H18N2O2S/c1-13-5-3-9-21-18(13)16-7-2-6-14-11-15(24-19(14)16)12-22-20(23)17-8-4-10-25-17/h2-10,15H,11-12H2,1H3,(H,22,23)/t15-/m0/s1. The minimum absolute atomic E-state index is 0.0460. The number of aromatic nitrogens is 1. The molecule has 4 nitrogen and oxygen atoms in total. The Morgan fingerprint density at radius 3 is 3.00 bits per heavy atom. The summed E-state index contributed by atoms with van der Waals surface area (Å²) in [5.41, 5.74) is 4.25. The van der Waals surface area contributed by atoms with Crippen LogP contribution in [-0.2, 0) is 6.42 Å². The first-order valence-electron chi connectivity index (χ1n) is 8.24. The topological polar surface area (TPSA) is 51.2 Å². The Morgan fingerprint density at radius 2 is 2.20 bits per heavy atom. The number of hydrogen-bond acceptors (Lipinski definition) is 4. The highest BCUT2D eigenvalue weighted by Crippen LogP contribution is 2.38. The van der Waals surface area contributed by atoms with Crippen molar-refractivity contribution in [3.63, 3.8) is 0 Å². The molecule has 3 heterocycles. The SMILES string of the molecule is Cc1cccnc1-c1cccc2c1O[C@H](CNC(=O)c1cccs1)C2. The van der Waals surface area contributed by atoms with Gasteiger partial charge in [-0.25, -0.2) is 0 Å². The second-order valence-corrected chi connectivity index (χ2v) is 7.04. The van der Waals surface area contributed by atoms with E-state index in [-0.39, 0.29) is 12.0 Å². The molecule has 0 fully saturated rings. The lowest BCUT2D eigenvalue weighted by Crippen LogP contribution is -2.34. The quantitative estimate of drug-likeness (QED) is 0.777. The molecule has 1 N–H and O–H groups in total. The van der Waals surface area contributed by atoms with Crippen molar-refractivity contribution in [1.29, 1.82) is 0 Å². The molecule has 5 heteroatoms. The first-order chi connectivity index (χ1) is 12.2. The van der Waals surface area contributed by atoms with Gasteiger partial charge in [0.15, 0.2) is 0 Å². The van der Waals surface area contributed by atoms with Gasteiger partial charge in [-0.05, 0) is 41.6 Å². The van der Waals surface area contributed by atoms with E-state index in [0.29, 0.717) is 6.54 Å². The number of aryl methyl sites for hydroxylation is 1. The molecule has 0 saturated heterocycles. The number of para-hydroxylation sites is 1. The fourth-order valence-corrected chi connectivity index (χ4v) is 3.75. The van der Waals surface area contributed by atoms with Gasteiger partial charge in [0.25, 0.3) is 5.91 Å². The molecule has 0 saturated carbocycles. The van der Waals surface area contributed by atoms with Gasteiger partial charge in [0.1, 0.15) is 11.9 Å². The molecule has 0 bridgehead atoms. The minimum Gasteiger partial charge on any atom is -0.487 e. The molecule has 126 valence electrons. The molecule has 3 aromatic rings. The molecule has 1 amide bonds. The van der Waals surface area contributed by atoms with Gasteiger partial charge >= 0.3 is 0 Å². The summed E-state index contributed by atoms with van der Waals surface area (Å²) in [6.07, 6.45) is 2.54. The van der Waals surface area contributed by atoms with Crippen LogP contribution >= 0.6 is 11.3 Å². The van der Waals surface area contributed by atoms with E-state index in [4.69, 9.17) is 4.74 Å². The molecule has 2 aromatic heterocycles. The van der Waals surface area contributed by atoms with Gasteiger partial charge in [0.05, 0.1) is 17.1 Å². The fourth-order valence-electron chi connectivity index (χ4n) is 3.11. The summed E-state index contributed by atoms with van der Waals surface area (Å²) < 4.78 is 6.16. The van der Waals surface area contributed by atoms with E-state index < -0.39 is 0 Å². The first kappa shape index (κ1) is 15.8. The third kappa shape index (κ3) is 3.15. The first-order valence-corrected chi connectivity index (χ1v) is 9.12. The Kier molecular flexibility index (Phi) is 4.24. The lowest BCUT2D eigenvalue weighted by molar-refractivity contribution is 0.0937. The van der Waals surface area contributed by atoms with Crippen molar-refractivity contribution >= 4 is 17.2 Å². The van der Waals surface area contributed by atoms with Gasteiger partial charge in [-0.3, -0.25) is 9.78 Å². The molecule has 4 rings (SSSR count). The zero-order valence-corrected chi connectivity index (χ0v) is 14.7. The van der Waals surface area contributed by atoms with E-state index in [1.54, 1.807) is 6.20 Å². The Morgan fingerprint density at radius 1 is 1.28 bits per heavy atom. The van der Waals surface area contributed by atoms with E-state index >= 15 is 0 Å². The second kappa shape index (κ2) is 6.69. The fraction of sp³-hybridized carbons (Fsp3) is 0.200. The van der Waals surface area contributed by atoms with Gasteiger partial charge in [-0.1, -0.05) is 24.3 Å².